The van der Waals surface area contributed by atoms with E-state index in [0.717, 1.165) is 11.4 Å². The topological polar surface area (TPSA) is 3.24 Å². The fraction of sp³-hybridized carbons (Fsp3) is 0. The molecular formula is C48H33N. The highest BCUT2D eigenvalue weighted by atomic mass is 15.1. The minimum absolute atomic E-state index is 1.11. The summed E-state index contributed by atoms with van der Waals surface area (Å²) in [5.41, 5.74) is 10.7. The molecule has 0 aliphatic heterocycles. The van der Waals surface area contributed by atoms with Crippen LogP contribution in [0.15, 0.2) is 200 Å². The van der Waals surface area contributed by atoms with Crippen LogP contribution in [0.4, 0.5) is 17.1 Å². The zero-order chi connectivity index (χ0) is 32.6. The fourth-order valence-corrected chi connectivity index (χ4v) is 7.36. The molecule has 49 heavy (non-hydrogen) atoms. The summed E-state index contributed by atoms with van der Waals surface area (Å²) in [7, 11) is 0. The number of benzene rings is 9. The molecule has 0 spiro atoms. The number of para-hydroxylation sites is 1. The molecule has 0 bridgehead atoms. The van der Waals surface area contributed by atoms with Gasteiger partial charge in [0.25, 0.3) is 0 Å². The first kappa shape index (κ1) is 28.8. The van der Waals surface area contributed by atoms with Crippen LogP contribution in [0, 0.1) is 0 Å². The van der Waals surface area contributed by atoms with Gasteiger partial charge in [0, 0.05) is 22.3 Å². The Morgan fingerprint density at radius 3 is 1.45 bits per heavy atom. The van der Waals surface area contributed by atoms with Crippen LogP contribution in [0.2, 0.25) is 0 Å². The smallest absolute Gasteiger partial charge is 0.0624 e. The molecule has 9 rings (SSSR count). The van der Waals surface area contributed by atoms with Gasteiger partial charge in [-0.25, -0.2) is 0 Å². The highest BCUT2D eigenvalue weighted by Gasteiger charge is 2.23. The second-order valence-corrected chi connectivity index (χ2v) is 12.5. The van der Waals surface area contributed by atoms with Crippen LogP contribution in [0.3, 0.4) is 0 Å². The zero-order valence-electron chi connectivity index (χ0n) is 27.0. The molecule has 0 N–H and O–H groups in total. The van der Waals surface area contributed by atoms with Crippen molar-refractivity contribution in [3.8, 4) is 33.4 Å². The third-order valence-electron chi connectivity index (χ3n) is 9.65. The van der Waals surface area contributed by atoms with Crippen LogP contribution < -0.4 is 4.90 Å². The van der Waals surface area contributed by atoms with Gasteiger partial charge in [0.05, 0.1) is 5.69 Å². The Labute approximate surface area is 287 Å². The molecule has 0 radical (unpaired) electrons. The lowest BCUT2D eigenvalue weighted by Crippen LogP contribution is -2.12. The van der Waals surface area contributed by atoms with E-state index >= 15 is 0 Å². The predicted molar refractivity (Wildman–Crippen MR) is 210 cm³/mol. The van der Waals surface area contributed by atoms with Crippen molar-refractivity contribution in [2.24, 2.45) is 0 Å². The molecule has 0 aromatic heterocycles. The normalized spacial score (nSPS) is 11.3. The number of hydrogen-bond donors (Lipinski definition) is 0. The second-order valence-electron chi connectivity index (χ2n) is 12.5. The van der Waals surface area contributed by atoms with Gasteiger partial charge in [-0.2, -0.15) is 0 Å². The van der Waals surface area contributed by atoms with E-state index in [0.29, 0.717) is 0 Å². The van der Waals surface area contributed by atoms with Crippen molar-refractivity contribution in [1.82, 2.24) is 0 Å². The lowest BCUT2D eigenvalue weighted by Gasteiger charge is -2.30. The Morgan fingerprint density at radius 2 is 0.735 bits per heavy atom. The average molecular weight is 624 g/mol. The number of nitrogens with zero attached hydrogens (tertiary/aromatic N) is 1. The summed E-state index contributed by atoms with van der Waals surface area (Å²) >= 11 is 0. The molecule has 230 valence electrons. The maximum atomic E-state index is 2.44. The maximum Gasteiger partial charge on any atom is 0.0624 e. The summed E-state index contributed by atoms with van der Waals surface area (Å²) in [4.78, 5) is 2.44. The van der Waals surface area contributed by atoms with Gasteiger partial charge in [-0.3, -0.25) is 0 Å². The van der Waals surface area contributed by atoms with Crippen molar-refractivity contribution in [2.45, 2.75) is 0 Å². The van der Waals surface area contributed by atoms with E-state index in [-0.39, 0.29) is 0 Å². The Morgan fingerprint density at radius 1 is 0.265 bits per heavy atom. The van der Waals surface area contributed by atoms with E-state index in [1.165, 1.54) is 71.4 Å². The van der Waals surface area contributed by atoms with Crippen molar-refractivity contribution in [3.63, 3.8) is 0 Å². The first-order valence-corrected chi connectivity index (χ1v) is 16.9. The summed E-state index contributed by atoms with van der Waals surface area (Å²) in [6.07, 6.45) is 0. The Kier molecular flexibility index (Phi) is 7.22. The minimum atomic E-state index is 1.11. The number of rotatable bonds is 6. The largest absolute Gasteiger partial charge is 0.309 e. The van der Waals surface area contributed by atoms with Gasteiger partial charge < -0.3 is 4.90 Å². The van der Waals surface area contributed by atoms with Crippen molar-refractivity contribution in [3.05, 3.63) is 200 Å². The first-order chi connectivity index (χ1) is 24.3. The summed E-state index contributed by atoms with van der Waals surface area (Å²) in [6, 6.07) is 72.4. The highest BCUT2D eigenvalue weighted by Crippen LogP contribution is 2.49. The van der Waals surface area contributed by atoms with Crippen LogP contribution in [0.25, 0.3) is 65.7 Å². The number of anilines is 3. The molecular weight excluding hydrogens is 591 g/mol. The van der Waals surface area contributed by atoms with E-state index in [2.05, 4.69) is 205 Å². The average Bonchev–Trinajstić information content (AvgIpc) is 3.19. The summed E-state index contributed by atoms with van der Waals surface area (Å²) in [5, 5.41) is 7.46. The molecule has 1 heteroatoms. The lowest BCUT2D eigenvalue weighted by molar-refractivity contribution is 1.30. The monoisotopic (exact) mass is 623 g/mol. The third-order valence-corrected chi connectivity index (χ3v) is 9.65. The van der Waals surface area contributed by atoms with Gasteiger partial charge in [0.15, 0.2) is 0 Å². The molecule has 0 saturated carbocycles. The van der Waals surface area contributed by atoms with Crippen LogP contribution in [-0.4, -0.2) is 0 Å². The van der Waals surface area contributed by atoms with Crippen LogP contribution in [-0.2, 0) is 0 Å². The number of fused-ring (bicyclic) bond motifs is 4. The molecule has 0 atom stereocenters. The Hall–Kier alpha value is -6.44. The van der Waals surface area contributed by atoms with E-state index in [1.54, 1.807) is 0 Å². The molecule has 0 unspecified atom stereocenters. The van der Waals surface area contributed by atoms with Gasteiger partial charge in [-0.1, -0.05) is 176 Å². The van der Waals surface area contributed by atoms with Crippen LogP contribution in [0.1, 0.15) is 0 Å². The van der Waals surface area contributed by atoms with E-state index < -0.39 is 0 Å². The van der Waals surface area contributed by atoms with Crippen molar-refractivity contribution in [2.75, 3.05) is 4.90 Å². The number of hydrogen-bond acceptors (Lipinski definition) is 1. The fourth-order valence-electron chi connectivity index (χ4n) is 7.36. The zero-order valence-corrected chi connectivity index (χ0v) is 27.0. The van der Waals surface area contributed by atoms with E-state index in [1.807, 2.05) is 0 Å². The van der Waals surface area contributed by atoms with E-state index in [9.17, 15) is 0 Å². The Balaban J connectivity index is 1.30. The van der Waals surface area contributed by atoms with Gasteiger partial charge >= 0.3 is 0 Å². The maximum absolute atomic E-state index is 2.44. The van der Waals surface area contributed by atoms with E-state index in [4.69, 9.17) is 0 Å². The molecule has 0 fully saturated rings. The standard InChI is InChI=1S/C48H33N/c1-3-14-34(15-4-1)35-30-32-40(33-31-35)49(39-18-5-2-6-19-39)48-46-24-12-10-22-44(46)43-21-9-11-23-45(43)47(48)38-28-26-37(27-29-38)42-25-13-17-36-16-7-8-20-41(36)42/h1-33H. The molecule has 0 heterocycles. The predicted octanol–water partition coefficient (Wildman–Crippen LogP) is 13.6. The molecule has 0 amide bonds. The SMILES string of the molecule is c1ccc(-c2ccc(N(c3ccccc3)c3c(-c4ccc(-c5cccc6ccccc56)cc4)c4ccccc4c4ccccc34)cc2)cc1. The highest BCUT2D eigenvalue weighted by molar-refractivity contribution is 6.22. The van der Waals surface area contributed by atoms with Crippen LogP contribution >= 0.6 is 0 Å². The molecule has 0 saturated heterocycles. The van der Waals surface area contributed by atoms with Gasteiger partial charge in [-0.15, -0.1) is 0 Å². The summed E-state index contributed by atoms with van der Waals surface area (Å²) in [6.45, 7) is 0. The van der Waals surface area contributed by atoms with Gasteiger partial charge in [-0.05, 0) is 79.0 Å². The molecule has 0 aliphatic carbocycles. The lowest BCUT2D eigenvalue weighted by atomic mass is 9.89. The summed E-state index contributed by atoms with van der Waals surface area (Å²) < 4.78 is 0. The van der Waals surface area contributed by atoms with Crippen molar-refractivity contribution < 1.29 is 0 Å². The first-order valence-electron chi connectivity index (χ1n) is 16.9. The molecule has 9 aromatic rings. The second kappa shape index (κ2) is 12.3. The van der Waals surface area contributed by atoms with Crippen molar-refractivity contribution >= 4 is 49.4 Å². The molecule has 0 aliphatic rings. The minimum Gasteiger partial charge on any atom is -0.309 e. The third kappa shape index (κ3) is 5.13. The quantitative estimate of drug-likeness (QED) is 0.167. The molecule has 1 nitrogen and oxygen atoms in total. The Bertz CT molecular complexity index is 2560. The van der Waals surface area contributed by atoms with Gasteiger partial charge in [0.2, 0.25) is 0 Å². The van der Waals surface area contributed by atoms with Crippen molar-refractivity contribution in [1.29, 1.82) is 0 Å². The van der Waals surface area contributed by atoms with Crippen LogP contribution in [0.5, 0.6) is 0 Å². The molecule has 9 aromatic carbocycles. The summed E-state index contributed by atoms with van der Waals surface area (Å²) in [5.74, 6) is 0. The van der Waals surface area contributed by atoms with Gasteiger partial charge in [0.1, 0.15) is 0 Å².